The van der Waals surface area contributed by atoms with Crippen LogP contribution < -0.4 is 5.32 Å². The number of hydrogen-bond acceptors (Lipinski definition) is 4. The SMILES string of the molecule is CC[C@@]1(C(=O)NCc2cccnc2)C[C@@H]2CC[C@H]1N2C(=O)Cc1cccs1. The molecule has 5 nitrogen and oxygen atoms in total. The second-order valence-electron chi connectivity index (χ2n) is 7.56. The zero-order valence-corrected chi connectivity index (χ0v) is 16.4. The monoisotopic (exact) mass is 383 g/mol. The van der Waals surface area contributed by atoms with Gasteiger partial charge in [0.05, 0.1) is 11.8 Å². The fourth-order valence-corrected chi connectivity index (χ4v) is 5.55. The van der Waals surface area contributed by atoms with Gasteiger partial charge in [0, 0.05) is 35.9 Å². The number of nitrogens with zero attached hydrogens (tertiary/aromatic N) is 2. The van der Waals surface area contributed by atoms with E-state index in [0.29, 0.717) is 13.0 Å². The molecule has 1 N–H and O–H groups in total. The molecular formula is C21H25N3O2S. The second kappa shape index (κ2) is 7.43. The van der Waals surface area contributed by atoms with Gasteiger partial charge in [0.25, 0.3) is 0 Å². The fraction of sp³-hybridized carbons (Fsp3) is 0.476. The number of hydrogen-bond donors (Lipinski definition) is 1. The fourth-order valence-electron chi connectivity index (χ4n) is 4.86. The quantitative estimate of drug-likeness (QED) is 0.833. The summed E-state index contributed by atoms with van der Waals surface area (Å²) in [5, 5.41) is 5.11. The van der Waals surface area contributed by atoms with Crippen molar-refractivity contribution in [1.82, 2.24) is 15.2 Å². The number of rotatable bonds is 6. The smallest absolute Gasteiger partial charge is 0.228 e. The molecule has 0 unspecified atom stereocenters. The molecule has 142 valence electrons. The van der Waals surface area contributed by atoms with Gasteiger partial charge in [0.2, 0.25) is 11.8 Å². The average molecular weight is 384 g/mol. The van der Waals surface area contributed by atoms with Crippen LogP contribution in [0.3, 0.4) is 0 Å². The molecule has 6 heteroatoms. The first kappa shape index (κ1) is 18.2. The van der Waals surface area contributed by atoms with E-state index in [-0.39, 0.29) is 23.9 Å². The number of amides is 2. The maximum atomic E-state index is 13.2. The minimum Gasteiger partial charge on any atom is -0.351 e. The minimum atomic E-state index is -0.462. The lowest BCUT2D eigenvalue weighted by Crippen LogP contribution is -2.49. The van der Waals surface area contributed by atoms with Crippen LogP contribution in [0.25, 0.3) is 0 Å². The first-order chi connectivity index (χ1) is 13.1. The predicted molar refractivity (Wildman–Crippen MR) is 105 cm³/mol. The number of thiophene rings is 1. The lowest BCUT2D eigenvalue weighted by atomic mass is 9.71. The standard InChI is InChI=1S/C21H25N3O2S/c1-2-21(20(26)23-14-15-5-3-9-22-13-15)12-16-7-8-18(21)24(16)19(25)11-17-6-4-10-27-17/h3-6,9-10,13,16,18H,2,7-8,11-12,14H2,1H3,(H,23,26)/t16-,18+,21+/m0/s1. The number of aromatic nitrogens is 1. The van der Waals surface area contributed by atoms with Crippen LogP contribution in [0.5, 0.6) is 0 Å². The van der Waals surface area contributed by atoms with Crippen molar-refractivity contribution in [2.45, 2.75) is 57.7 Å². The van der Waals surface area contributed by atoms with Crippen LogP contribution in [0, 0.1) is 5.41 Å². The van der Waals surface area contributed by atoms with Crippen molar-refractivity contribution in [1.29, 1.82) is 0 Å². The normalized spacial score (nSPS) is 26.3. The molecule has 0 radical (unpaired) electrons. The average Bonchev–Trinajstić information content (AvgIpc) is 3.42. The first-order valence-corrected chi connectivity index (χ1v) is 10.5. The van der Waals surface area contributed by atoms with Gasteiger partial charge in [-0.2, -0.15) is 0 Å². The highest BCUT2D eigenvalue weighted by Gasteiger charge is 2.59. The Labute approximate surface area is 163 Å². The van der Waals surface area contributed by atoms with E-state index in [9.17, 15) is 9.59 Å². The maximum absolute atomic E-state index is 13.2. The van der Waals surface area contributed by atoms with Crippen LogP contribution in [0.2, 0.25) is 0 Å². The molecule has 3 atom stereocenters. The number of fused-ring (bicyclic) bond motifs is 2. The number of nitrogens with one attached hydrogen (secondary N) is 1. The van der Waals surface area contributed by atoms with Crippen molar-refractivity contribution >= 4 is 23.2 Å². The Morgan fingerprint density at radius 2 is 2.22 bits per heavy atom. The van der Waals surface area contributed by atoms with E-state index >= 15 is 0 Å². The molecule has 2 amide bonds. The largest absolute Gasteiger partial charge is 0.351 e. The summed E-state index contributed by atoms with van der Waals surface area (Å²) >= 11 is 1.62. The molecule has 2 aromatic rings. The summed E-state index contributed by atoms with van der Waals surface area (Å²) in [6.45, 7) is 2.56. The Morgan fingerprint density at radius 1 is 1.33 bits per heavy atom. The lowest BCUT2D eigenvalue weighted by molar-refractivity contribution is -0.136. The zero-order chi connectivity index (χ0) is 18.9. The number of pyridine rings is 1. The molecule has 2 aliphatic heterocycles. The van der Waals surface area contributed by atoms with Gasteiger partial charge in [-0.3, -0.25) is 14.6 Å². The third kappa shape index (κ3) is 3.27. The van der Waals surface area contributed by atoms with Crippen LogP contribution in [0.4, 0.5) is 0 Å². The summed E-state index contributed by atoms with van der Waals surface area (Å²) in [5.41, 5.74) is 0.529. The van der Waals surface area contributed by atoms with E-state index in [2.05, 4.69) is 17.2 Å². The maximum Gasteiger partial charge on any atom is 0.228 e. The Bertz CT molecular complexity index is 808. The van der Waals surface area contributed by atoms with Crippen molar-refractivity contribution in [3.63, 3.8) is 0 Å². The van der Waals surface area contributed by atoms with Crippen LogP contribution in [-0.4, -0.2) is 33.8 Å². The summed E-state index contributed by atoms with van der Waals surface area (Å²) in [7, 11) is 0. The Morgan fingerprint density at radius 3 is 2.93 bits per heavy atom. The van der Waals surface area contributed by atoms with Crippen LogP contribution >= 0.6 is 11.3 Å². The van der Waals surface area contributed by atoms with E-state index < -0.39 is 5.41 Å². The van der Waals surface area contributed by atoms with Crippen molar-refractivity contribution in [2.24, 2.45) is 5.41 Å². The Hall–Kier alpha value is -2.21. The molecule has 4 rings (SSSR count). The Balaban J connectivity index is 1.48. The first-order valence-electron chi connectivity index (χ1n) is 9.65. The van der Waals surface area contributed by atoms with Crippen LogP contribution in [0.15, 0.2) is 42.0 Å². The van der Waals surface area contributed by atoms with E-state index in [0.717, 1.165) is 36.1 Å². The molecule has 2 fully saturated rings. The minimum absolute atomic E-state index is 0.0221. The highest BCUT2D eigenvalue weighted by molar-refractivity contribution is 7.10. The molecule has 27 heavy (non-hydrogen) atoms. The summed E-state index contributed by atoms with van der Waals surface area (Å²) < 4.78 is 0. The molecule has 2 saturated heterocycles. The van der Waals surface area contributed by atoms with Crippen molar-refractivity contribution in [2.75, 3.05) is 0 Å². The van der Waals surface area contributed by atoms with E-state index in [4.69, 9.17) is 0 Å². The summed E-state index contributed by atoms with van der Waals surface area (Å²) in [5.74, 6) is 0.246. The molecule has 4 heterocycles. The molecule has 2 aliphatic rings. The van der Waals surface area contributed by atoms with Gasteiger partial charge in [-0.25, -0.2) is 0 Å². The number of carbonyl (C=O) groups is 2. The van der Waals surface area contributed by atoms with Gasteiger partial charge in [-0.15, -0.1) is 11.3 Å². The third-order valence-electron chi connectivity index (χ3n) is 6.19. The van der Waals surface area contributed by atoms with E-state index in [1.165, 1.54) is 0 Å². The zero-order valence-electron chi connectivity index (χ0n) is 15.6. The molecule has 0 spiro atoms. The van der Waals surface area contributed by atoms with Gasteiger partial charge in [0.1, 0.15) is 0 Å². The Kier molecular flexibility index (Phi) is 5.00. The molecular weight excluding hydrogens is 358 g/mol. The summed E-state index contributed by atoms with van der Waals surface area (Å²) in [6, 6.07) is 8.05. The van der Waals surface area contributed by atoms with Crippen molar-refractivity contribution in [3.05, 3.63) is 52.5 Å². The van der Waals surface area contributed by atoms with E-state index in [1.54, 1.807) is 23.7 Å². The highest BCUT2D eigenvalue weighted by atomic mass is 32.1. The second-order valence-corrected chi connectivity index (χ2v) is 8.59. The third-order valence-corrected chi connectivity index (χ3v) is 7.07. The molecule has 2 bridgehead atoms. The molecule has 2 aromatic heterocycles. The lowest BCUT2D eigenvalue weighted by Gasteiger charge is -2.35. The van der Waals surface area contributed by atoms with Gasteiger partial charge >= 0.3 is 0 Å². The van der Waals surface area contributed by atoms with Crippen LogP contribution in [0.1, 0.15) is 43.0 Å². The van der Waals surface area contributed by atoms with Crippen molar-refractivity contribution < 1.29 is 9.59 Å². The number of carbonyl (C=O) groups excluding carboxylic acids is 2. The molecule has 0 aliphatic carbocycles. The van der Waals surface area contributed by atoms with Crippen LogP contribution in [-0.2, 0) is 22.6 Å². The molecule has 0 saturated carbocycles. The van der Waals surface area contributed by atoms with Crippen molar-refractivity contribution in [3.8, 4) is 0 Å². The molecule has 0 aromatic carbocycles. The topological polar surface area (TPSA) is 62.3 Å². The van der Waals surface area contributed by atoms with Gasteiger partial charge in [-0.05, 0) is 48.8 Å². The van der Waals surface area contributed by atoms with Gasteiger partial charge in [0.15, 0.2) is 0 Å². The van der Waals surface area contributed by atoms with Gasteiger partial charge in [-0.1, -0.05) is 19.1 Å². The summed E-state index contributed by atoms with van der Waals surface area (Å²) in [6.07, 6.45) is 7.43. The predicted octanol–water partition coefficient (Wildman–Crippen LogP) is 3.16. The summed E-state index contributed by atoms with van der Waals surface area (Å²) in [4.78, 5) is 33.4. The van der Waals surface area contributed by atoms with Gasteiger partial charge < -0.3 is 10.2 Å². The highest BCUT2D eigenvalue weighted by Crippen LogP contribution is 2.52. The van der Waals surface area contributed by atoms with E-state index in [1.807, 2.05) is 34.5 Å².